The van der Waals surface area contributed by atoms with Gasteiger partial charge in [-0.05, 0) is 26.3 Å². The van der Waals surface area contributed by atoms with Gasteiger partial charge in [-0.25, -0.2) is 9.59 Å². The molecule has 27 heavy (non-hydrogen) atoms. The Morgan fingerprint density at radius 3 is 2.37 bits per heavy atom. The predicted molar refractivity (Wildman–Crippen MR) is 97.2 cm³/mol. The molecule has 8 nitrogen and oxygen atoms in total. The van der Waals surface area contributed by atoms with E-state index in [1.807, 2.05) is 30.3 Å². The van der Waals surface area contributed by atoms with E-state index in [2.05, 4.69) is 0 Å². The van der Waals surface area contributed by atoms with Gasteiger partial charge in [-0.15, -0.1) is 0 Å². The van der Waals surface area contributed by atoms with Gasteiger partial charge in [0.15, 0.2) is 0 Å². The van der Waals surface area contributed by atoms with Crippen LogP contribution in [0.2, 0.25) is 0 Å². The average Bonchev–Trinajstić information content (AvgIpc) is 2.58. The fourth-order valence-corrected chi connectivity index (χ4v) is 2.77. The second-order valence-corrected chi connectivity index (χ2v) is 7.41. The molecule has 2 rings (SSSR count). The molecule has 2 amide bonds. The van der Waals surface area contributed by atoms with Crippen LogP contribution in [-0.2, 0) is 20.9 Å². The molecule has 1 saturated heterocycles. The van der Waals surface area contributed by atoms with Gasteiger partial charge in [0.25, 0.3) is 0 Å². The zero-order valence-corrected chi connectivity index (χ0v) is 15.9. The fraction of sp³-hybridized carbons (Fsp3) is 0.526. The number of ether oxygens (including phenoxy) is 2. The number of nitrogens with zero attached hydrogens (tertiary/aromatic N) is 2. The first-order valence-electron chi connectivity index (χ1n) is 8.83. The first-order valence-corrected chi connectivity index (χ1v) is 8.83. The van der Waals surface area contributed by atoms with E-state index < -0.39 is 29.8 Å². The highest BCUT2D eigenvalue weighted by Crippen LogP contribution is 2.19. The zero-order chi connectivity index (χ0) is 20.0. The van der Waals surface area contributed by atoms with Crippen LogP contribution in [-0.4, -0.2) is 64.3 Å². The van der Waals surface area contributed by atoms with E-state index in [1.54, 1.807) is 20.8 Å². The van der Waals surface area contributed by atoms with Gasteiger partial charge in [-0.3, -0.25) is 4.79 Å². The maximum Gasteiger partial charge on any atom is 0.410 e. The number of aliphatic carboxylic acids is 1. The van der Waals surface area contributed by atoms with Crippen molar-refractivity contribution in [2.75, 3.05) is 19.6 Å². The monoisotopic (exact) mass is 378 g/mol. The Kier molecular flexibility index (Phi) is 6.65. The molecule has 1 atom stereocenters. The van der Waals surface area contributed by atoms with Gasteiger partial charge in [-0.1, -0.05) is 30.3 Å². The summed E-state index contributed by atoms with van der Waals surface area (Å²) in [5.41, 5.74) is 0.177. The van der Waals surface area contributed by atoms with E-state index in [0.29, 0.717) is 0 Å². The average molecular weight is 378 g/mol. The largest absolute Gasteiger partial charge is 0.481 e. The van der Waals surface area contributed by atoms with Gasteiger partial charge in [0, 0.05) is 19.6 Å². The Bertz CT molecular complexity index is 671. The van der Waals surface area contributed by atoms with Crippen molar-refractivity contribution in [3.63, 3.8) is 0 Å². The number of rotatable bonds is 4. The van der Waals surface area contributed by atoms with Crippen LogP contribution in [0, 0.1) is 0 Å². The lowest BCUT2D eigenvalue weighted by atomic mass is 10.1. The highest BCUT2D eigenvalue weighted by molar-refractivity contribution is 5.73. The Morgan fingerprint density at radius 2 is 1.78 bits per heavy atom. The van der Waals surface area contributed by atoms with Crippen LogP contribution < -0.4 is 0 Å². The third-order valence-corrected chi connectivity index (χ3v) is 3.98. The summed E-state index contributed by atoms with van der Waals surface area (Å²) in [6.45, 7) is 5.89. The number of carboxylic acids is 1. The lowest BCUT2D eigenvalue weighted by molar-refractivity contribution is -0.138. The molecular formula is C19H26N2O6. The molecule has 1 N–H and O–H groups in total. The Morgan fingerprint density at radius 1 is 1.11 bits per heavy atom. The standard InChI is InChI=1S/C19H26N2O6/c1-19(2,3)27-18(25)21-10-9-20(12-15(21)11-16(22)23)17(24)26-13-14-7-5-4-6-8-14/h4-8,15H,9-13H2,1-3H3,(H,22,23)/t15-/m0/s1. The van der Waals surface area contributed by atoms with Crippen molar-refractivity contribution < 1.29 is 29.0 Å². The first kappa shape index (κ1) is 20.5. The smallest absolute Gasteiger partial charge is 0.410 e. The Labute approximate surface area is 158 Å². The molecular weight excluding hydrogens is 352 g/mol. The second-order valence-electron chi connectivity index (χ2n) is 7.41. The van der Waals surface area contributed by atoms with Crippen LogP contribution in [0.15, 0.2) is 30.3 Å². The minimum Gasteiger partial charge on any atom is -0.481 e. The van der Waals surface area contributed by atoms with E-state index in [1.165, 1.54) is 9.80 Å². The van der Waals surface area contributed by atoms with Gasteiger partial charge >= 0.3 is 18.2 Å². The maximum atomic E-state index is 12.4. The topological polar surface area (TPSA) is 96.4 Å². The summed E-state index contributed by atoms with van der Waals surface area (Å²) >= 11 is 0. The van der Waals surface area contributed by atoms with Crippen LogP contribution in [0.25, 0.3) is 0 Å². The highest BCUT2D eigenvalue weighted by atomic mass is 16.6. The van der Waals surface area contributed by atoms with Crippen LogP contribution in [0.3, 0.4) is 0 Å². The minimum absolute atomic E-state index is 0.0825. The molecule has 1 fully saturated rings. The van der Waals surface area contributed by atoms with E-state index in [4.69, 9.17) is 14.6 Å². The number of amides is 2. The fourth-order valence-electron chi connectivity index (χ4n) is 2.77. The maximum absolute atomic E-state index is 12.4. The number of carboxylic acid groups (broad SMARTS) is 1. The number of benzene rings is 1. The van der Waals surface area contributed by atoms with Crippen molar-refractivity contribution in [2.45, 2.75) is 45.4 Å². The molecule has 0 bridgehead atoms. The Hall–Kier alpha value is -2.77. The summed E-state index contributed by atoms with van der Waals surface area (Å²) in [6, 6.07) is 8.60. The minimum atomic E-state index is -1.05. The van der Waals surface area contributed by atoms with Gasteiger partial charge in [0.05, 0.1) is 12.5 Å². The highest BCUT2D eigenvalue weighted by Gasteiger charge is 2.36. The third-order valence-electron chi connectivity index (χ3n) is 3.98. The summed E-state index contributed by atoms with van der Waals surface area (Å²) in [5.74, 6) is -1.05. The summed E-state index contributed by atoms with van der Waals surface area (Å²) in [6.07, 6.45) is -1.38. The summed E-state index contributed by atoms with van der Waals surface area (Å²) in [7, 11) is 0. The molecule has 0 radical (unpaired) electrons. The number of carbonyl (C=O) groups is 3. The van der Waals surface area contributed by atoms with Gasteiger partial charge < -0.3 is 24.4 Å². The van der Waals surface area contributed by atoms with Crippen LogP contribution in [0.1, 0.15) is 32.8 Å². The number of hydrogen-bond donors (Lipinski definition) is 1. The number of carbonyl (C=O) groups excluding carboxylic acids is 2. The predicted octanol–water partition coefficient (Wildman–Crippen LogP) is 2.72. The molecule has 0 aromatic heterocycles. The summed E-state index contributed by atoms with van der Waals surface area (Å²) in [4.78, 5) is 38.7. The number of hydrogen-bond acceptors (Lipinski definition) is 5. The molecule has 1 heterocycles. The molecule has 0 unspecified atom stereocenters. The van der Waals surface area contributed by atoms with Gasteiger partial charge in [0.2, 0.25) is 0 Å². The molecule has 8 heteroatoms. The molecule has 1 aliphatic rings. The van der Waals surface area contributed by atoms with Gasteiger partial charge in [0.1, 0.15) is 12.2 Å². The molecule has 148 valence electrons. The van der Waals surface area contributed by atoms with E-state index in [9.17, 15) is 14.4 Å². The van der Waals surface area contributed by atoms with E-state index >= 15 is 0 Å². The van der Waals surface area contributed by atoms with E-state index in [-0.39, 0.29) is 32.7 Å². The van der Waals surface area contributed by atoms with Crippen LogP contribution >= 0.6 is 0 Å². The summed E-state index contributed by atoms with van der Waals surface area (Å²) < 4.78 is 10.7. The van der Waals surface area contributed by atoms with Crippen molar-refractivity contribution in [3.8, 4) is 0 Å². The lowest BCUT2D eigenvalue weighted by Gasteiger charge is -2.40. The zero-order valence-electron chi connectivity index (χ0n) is 15.9. The van der Waals surface area contributed by atoms with Gasteiger partial charge in [-0.2, -0.15) is 0 Å². The lowest BCUT2D eigenvalue weighted by Crippen LogP contribution is -2.57. The normalized spacial score (nSPS) is 17.4. The second kappa shape index (κ2) is 8.75. The van der Waals surface area contributed by atoms with Crippen molar-refractivity contribution in [1.82, 2.24) is 9.80 Å². The molecule has 0 spiro atoms. The van der Waals surface area contributed by atoms with Crippen LogP contribution in [0.4, 0.5) is 9.59 Å². The molecule has 1 aromatic carbocycles. The van der Waals surface area contributed by atoms with Crippen molar-refractivity contribution in [2.24, 2.45) is 0 Å². The SMILES string of the molecule is CC(C)(C)OC(=O)N1CCN(C(=O)OCc2ccccc2)C[C@@H]1CC(=O)O. The van der Waals surface area contributed by atoms with Crippen molar-refractivity contribution in [3.05, 3.63) is 35.9 Å². The molecule has 0 aliphatic carbocycles. The third kappa shape index (κ3) is 6.47. The quantitative estimate of drug-likeness (QED) is 0.865. The molecule has 1 aromatic rings. The van der Waals surface area contributed by atoms with E-state index in [0.717, 1.165) is 5.56 Å². The first-order chi connectivity index (χ1) is 12.7. The molecule has 0 saturated carbocycles. The Balaban J connectivity index is 1.98. The molecule has 1 aliphatic heterocycles. The summed E-state index contributed by atoms with van der Waals surface area (Å²) in [5, 5.41) is 9.16. The number of piperazine rings is 1. The van der Waals surface area contributed by atoms with Crippen molar-refractivity contribution in [1.29, 1.82) is 0 Å². The van der Waals surface area contributed by atoms with Crippen molar-refractivity contribution >= 4 is 18.2 Å². The van der Waals surface area contributed by atoms with Crippen LogP contribution in [0.5, 0.6) is 0 Å².